The molecule has 3 N–H and O–H groups in total. The molecule has 1 saturated carbocycles. The summed E-state index contributed by atoms with van der Waals surface area (Å²) in [6.07, 6.45) is -4.96. The van der Waals surface area contributed by atoms with Crippen LogP contribution in [0.2, 0.25) is 0 Å². The summed E-state index contributed by atoms with van der Waals surface area (Å²) in [5.41, 5.74) is 4.46. The molecule has 7 nitrogen and oxygen atoms in total. The van der Waals surface area contributed by atoms with Gasteiger partial charge in [0.2, 0.25) is 12.9 Å². The van der Waals surface area contributed by atoms with Gasteiger partial charge in [-0.25, -0.2) is 26.7 Å². The van der Waals surface area contributed by atoms with E-state index >= 15 is 4.39 Å². The van der Waals surface area contributed by atoms with E-state index in [1.807, 2.05) is 0 Å². The van der Waals surface area contributed by atoms with Crippen LogP contribution in [0.4, 0.5) is 27.6 Å². The number of ether oxygens (including phenoxy) is 1. The smallest absolute Gasteiger partial charge is 0.329 e. The Morgan fingerprint density at radius 1 is 1.16 bits per heavy atom. The average Bonchev–Trinajstić information content (AvgIpc) is 3.42. The Hall–Kier alpha value is -2.63. The van der Waals surface area contributed by atoms with Gasteiger partial charge in [-0.05, 0) is 31.2 Å². The van der Waals surface area contributed by atoms with Crippen molar-refractivity contribution >= 4 is 16.6 Å². The van der Waals surface area contributed by atoms with Gasteiger partial charge in [0.25, 0.3) is 5.56 Å². The maximum atomic E-state index is 15.2. The molecule has 4 rings (SSSR count). The minimum Gasteiger partial charge on any atom is -0.492 e. The molecule has 1 aliphatic carbocycles. The third kappa shape index (κ3) is 3.74. The number of fused-ring (bicyclic) bond motifs is 1. The molecule has 0 radical (unpaired) electrons. The van der Waals surface area contributed by atoms with Crippen molar-refractivity contribution in [3.8, 4) is 5.75 Å². The van der Waals surface area contributed by atoms with Gasteiger partial charge in [0.05, 0.1) is 18.4 Å². The largest absolute Gasteiger partial charge is 0.492 e. The molecular weight excluding hydrogens is 439 g/mol. The predicted octanol–water partition coefficient (Wildman–Crippen LogP) is 2.47. The molecule has 0 bridgehead atoms. The van der Waals surface area contributed by atoms with Gasteiger partial charge < -0.3 is 15.4 Å². The molecule has 2 unspecified atom stereocenters. The number of nitrogens with one attached hydrogen (secondary N) is 1. The van der Waals surface area contributed by atoms with E-state index in [0.717, 1.165) is 6.07 Å². The molecule has 1 aromatic carbocycles. The van der Waals surface area contributed by atoms with Crippen molar-refractivity contribution in [1.29, 1.82) is 0 Å². The van der Waals surface area contributed by atoms with Crippen molar-refractivity contribution in [2.75, 3.05) is 25.1 Å². The fraction of sp³-hybridized carbons (Fsp3) is 0.600. The summed E-state index contributed by atoms with van der Waals surface area (Å²) in [6, 6.07) is -0.646. The molecule has 32 heavy (non-hydrogen) atoms. The minimum absolute atomic E-state index is 0.0383. The second-order valence-corrected chi connectivity index (χ2v) is 8.32. The standard InChI is InChI=1S/C20H23F5N4O3/c1-32-16-14-10(19(30)27-20(31)29(14)9-2-3-9)6-11(21)15(16)28-5-4-8(7-28)13(26)12(17(22)23)18(24)25/h6,8-9,12-13,17-18H,2-5,7,26H2,1H3,(H,27,30,31). The second-order valence-electron chi connectivity index (χ2n) is 8.32. The number of nitrogens with zero attached hydrogens (tertiary/aromatic N) is 2. The highest BCUT2D eigenvalue weighted by molar-refractivity contribution is 5.91. The third-order valence-corrected chi connectivity index (χ3v) is 6.34. The van der Waals surface area contributed by atoms with Gasteiger partial charge in [-0.1, -0.05) is 0 Å². The lowest BCUT2D eigenvalue weighted by atomic mass is 9.88. The first kappa shape index (κ1) is 22.6. The van der Waals surface area contributed by atoms with Crippen LogP contribution in [0, 0.1) is 17.7 Å². The Labute approximate surface area is 178 Å². The van der Waals surface area contributed by atoms with E-state index in [4.69, 9.17) is 10.5 Å². The highest BCUT2D eigenvalue weighted by Gasteiger charge is 2.42. The Morgan fingerprint density at radius 2 is 1.81 bits per heavy atom. The fourth-order valence-corrected chi connectivity index (χ4v) is 4.58. The van der Waals surface area contributed by atoms with E-state index in [1.165, 1.54) is 16.6 Å². The molecule has 1 aromatic heterocycles. The first-order chi connectivity index (χ1) is 15.1. The van der Waals surface area contributed by atoms with Crippen LogP contribution < -0.4 is 26.6 Å². The molecular formula is C20H23F5N4O3. The van der Waals surface area contributed by atoms with Crippen molar-refractivity contribution in [2.24, 2.45) is 17.6 Å². The Morgan fingerprint density at radius 3 is 2.38 bits per heavy atom. The highest BCUT2D eigenvalue weighted by atomic mass is 19.3. The summed E-state index contributed by atoms with van der Waals surface area (Å²) in [6.45, 7) is 0.111. The molecule has 2 aromatic rings. The molecule has 2 heterocycles. The van der Waals surface area contributed by atoms with Crippen molar-refractivity contribution < 1.29 is 26.7 Å². The summed E-state index contributed by atoms with van der Waals surface area (Å²) in [5, 5.41) is -0.0579. The molecule has 0 amide bonds. The topological polar surface area (TPSA) is 93.3 Å². The summed E-state index contributed by atoms with van der Waals surface area (Å²) in [7, 11) is 1.27. The van der Waals surface area contributed by atoms with Crippen LogP contribution in [0.5, 0.6) is 5.75 Å². The molecule has 176 valence electrons. The quantitative estimate of drug-likeness (QED) is 0.617. The van der Waals surface area contributed by atoms with Crippen LogP contribution >= 0.6 is 0 Å². The molecule has 1 saturated heterocycles. The number of anilines is 1. The monoisotopic (exact) mass is 462 g/mol. The normalized spacial score (nSPS) is 20.2. The number of nitrogens with two attached hydrogens (primary N) is 1. The second kappa shape index (κ2) is 8.38. The number of aromatic amines is 1. The number of hydrogen-bond acceptors (Lipinski definition) is 5. The number of methoxy groups -OCH3 is 1. The van der Waals surface area contributed by atoms with E-state index in [2.05, 4.69) is 4.98 Å². The molecule has 12 heteroatoms. The zero-order chi connectivity index (χ0) is 23.3. The lowest BCUT2D eigenvalue weighted by molar-refractivity contribution is -0.0464. The number of hydrogen-bond donors (Lipinski definition) is 2. The van der Waals surface area contributed by atoms with E-state index < -0.39 is 47.8 Å². The van der Waals surface area contributed by atoms with Crippen molar-refractivity contribution in [1.82, 2.24) is 9.55 Å². The SMILES string of the molecule is COc1c(N2CCC(C(N)C(C(F)F)C(F)F)C2)c(F)cc2c(=O)[nH]c(=O)n(C3CC3)c12. The van der Waals surface area contributed by atoms with Gasteiger partial charge in [-0.2, -0.15) is 0 Å². The van der Waals surface area contributed by atoms with Gasteiger partial charge in [0.15, 0.2) is 11.6 Å². The van der Waals surface area contributed by atoms with Crippen LogP contribution in [-0.2, 0) is 0 Å². The number of halogens is 5. The molecule has 2 aliphatic rings. The van der Waals surface area contributed by atoms with Gasteiger partial charge in [-0.3, -0.25) is 14.3 Å². The molecule has 2 fully saturated rings. The number of rotatable bonds is 7. The summed E-state index contributed by atoms with van der Waals surface area (Å²) < 4.78 is 74.4. The maximum Gasteiger partial charge on any atom is 0.329 e. The molecule has 2 atom stereocenters. The van der Waals surface area contributed by atoms with Crippen molar-refractivity contribution in [3.05, 3.63) is 32.7 Å². The number of aromatic nitrogens is 2. The summed E-state index contributed by atoms with van der Waals surface area (Å²) in [5.74, 6) is -3.87. The average molecular weight is 462 g/mol. The number of benzene rings is 1. The van der Waals surface area contributed by atoms with Crippen LogP contribution in [0.25, 0.3) is 10.9 Å². The van der Waals surface area contributed by atoms with Crippen LogP contribution in [0.3, 0.4) is 0 Å². The maximum absolute atomic E-state index is 15.2. The first-order valence-corrected chi connectivity index (χ1v) is 10.3. The lowest BCUT2D eigenvalue weighted by Crippen LogP contribution is -2.45. The van der Waals surface area contributed by atoms with Crippen LogP contribution in [-0.4, -0.2) is 48.6 Å². The van der Waals surface area contributed by atoms with E-state index in [0.29, 0.717) is 12.8 Å². The predicted molar refractivity (Wildman–Crippen MR) is 107 cm³/mol. The molecule has 1 aliphatic heterocycles. The highest BCUT2D eigenvalue weighted by Crippen LogP contribution is 2.44. The van der Waals surface area contributed by atoms with E-state index in [-0.39, 0.29) is 47.9 Å². The Bertz CT molecular complexity index is 1120. The lowest BCUT2D eigenvalue weighted by Gasteiger charge is -2.28. The summed E-state index contributed by atoms with van der Waals surface area (Å²) in [4.78, 5) is 28.4. The zero-order valence-corrected chi connectivity index (χ0v) is 17.2. The van der Waals surface area contributed by atoms with Crippen LogP contribution in [0.1, 0.15) is 25.3 Å². The van der Waals surface area contributed by atoms with Gasteiger partial charge in [-0.15, -0.1) is 0 Å². The van der Waals surface area contributed by atoms with Gasteiger partial charge in [0.1, 0.15) is 11.2 Å². The van der Waals surface area contributed by atoms with Crippen molar-refractivity contribution in [2.45, 2.75) is 44.2 Å². The fourth-order valence-electron chi connectivity index (χ4n) is 4.58. The number of alkyl halides is 4. The van der Waals surface area contributed by atoms with E-state index in [9.17, 15) is 27.2 Å². The first-order valence-electron chi connectivity index (χ1n) is 10.3. The molecule has 0 spiro atoms. The number of H-pyrrole nitrogens is 1. The Balaban J connectivity index is 1.77. The minimum atomic E-state index is -3.29. The van der Waals surface area contributed by atoms with E-state index in [1.54, 1.807) is 0 Å². The van der Waals surface area contributed by atoms with Crippen LogP contribution in [0.15, 0.2) is 15.7 Å². The Kier molecular flexibility index (Phi) is 5.91. The van der Waals surface area contributed by atoms with Gasteiger partial charge >= 0.3 is 5.69 Å². The summed E-state index contributed by atoms with van der Waals surface area (Å²) >= 11 is 0. The van der Waals surface area contributed by atoms with Crippen molar-refractivity contribution in [3.63, 3.8) is 0 Å². The van der Waals surface area contributed by atoms with Gasteiger partial charge in [0, 0.05) is 25.2 Å². The third-order valence-electron chi connectivity index (χ3n) is 6.34. The zero-order valence-electron chi connectivity index (χ0n) is 17.2.